The third kappa shape index (κ3) is 11.4. The summed E-state index contributed by atoms with van der Waals surface area (Å²) < 4.78 is 0. The molecule has 0 aliphatic carbocycles. The zero-order chi connectivity index (χ0) is 26.2. The minimum absolute atomic E-state index is 0.177. The van der Waals surface area contributed by atoms with E-state index in [4.69, 9.17) is 0 Å². The van der Waals surface area contributed by atoms with E-state index in [2.05, 4.69) is 0 Å². The average Bonchev–Trinajstić information content (AvgIpc) is 2.86. The van der Waals surface area contributed by atoms with Crippen molar-refractivity contribution in [3.05, 3.63) is 58.7 Å². The van der Waals surface area contributed by atoms with E-state index in [9.17, 15) is 19.8 Å². The van der Waals surface area contributed by atoms with Gasteiger partial charge in [-0.3, -0.25) is 9.59 Å². The number of aryl methyl sites for hydroxylation is 2. The number of phenolic OH excluding ortho intramolecular Hbond substituents is 2. The lowest BCUT2D eigenvalue weighted by atomic mass is 10.0. The smallest absolute Gasteiger partial charge is 0.162 e. The van der Waals surface area contributed by atoms with E-state index in [-0.39, 0.29) is 23.1 Å². The maximum absolute atomic E-state index is 12.2. The van der Waals surface area contributed by atoms with Crippen LogP contribution in [0, 0.1) is 13.8 Å². The topological polar surface area (TPSA) is 74.6 Å². The molecule has 2 aromatic carbocycles. The molecule has 0 fully saturated rings. The molecule has 0 aromatic heterocycles. The molecule has 36 heavy (non-hydrogen) atoms. The Hall–Kier alpha value is -2.62. The predicted octanol–water partition coefficient (Wildman–Crippen LogP) is 9.02. The number of carbonyl (C=O) groups excluding carboxylic acids is 2. The molecule has 0 unspecified atom stereocenters. The number of carbonyl (C=O) groups is 2. The number of ketones is 2. The van der Waals surface area contributed by atoms with Crippen molar-refractivity contribution in [1.82, 2.24) is 0 Å². The normalized spacial score (nSPS) is 11.1. The molecule has 2 N–H and O–H groups in total. The minimum Gasteiger partial charge on any atom is -0.508 e. The molecule has 0 saturated heterocycles. The molecule has 0 heterocycles. The van der Waals surface area contributed by atoms with E-state index < -0.39 is 0 Å². The van der Waals surface area contributed by atoms with Gasteiger partial charge in [0, 0.05) is 24.0 Å². The second-order valence-electron chi connectivity index (χ2n) is 10.3. The summed E-state index contributed by atoms with van der Waals surface area (Å²) in [6.07, 6.45) is 18.1. The van der Waals surface area contributed by atoms with Gasteiger partial charge in [-0.15, -0.1) is 0 Å². The highest BCUT2D eigenvalue weighted by atomic mass is 16.3. The number of Topliss-reactive ketones (excluding diaryl/α,β-unsaturated/α-hetero) is 2. The third-order valence-corrected chi connectivity index (χ3v) is 7.10. The SMILES string of the molecule is Cc1cc(C(=O)CCCCCCCCCCCCCCCCC(=O)c2ccc(O)c(C)c2)ccc1O. The lowest BCUT2D eigenvalue weighted by Crippen LogP contribution is -1.99. The second kappa shape index (κ2) is 16.9. The molecule has 0 saturated carbocycles. The fraction of sp³-hybridized carbons (Fsp3) is 0.562. The first-order chi connectivity index (χ1) is 17.4. The van der Waals surface area contributed by atoms with Gasteiger partial charge in [0.1, 0.15) is 11.5 Å². The highest BCUT2D eigenvalue weighted by Crippen LogP contribution is 2.20. The van der Waals surface area contributed by atoms with Crippen molar-refractivity contribution in [2.45, 2.75) is 117 Å². The first-order valence-corrected chi connectivity index (χ1v) is 14.0. The number of unbranched alkanes of at least 4 members (excludes halogenated alkanes) is 13. The fourth-order valence-corrected chi connectivity index (χ4v) is 4.64. The van der Waals surface area contributed by atoms with Crippen molar-refractivity contribution >= 4 is 11.6 Å². The van der Waals surface area contributed by atoms with Crippen LogP contribution in [0.4, 0.5) is 0 Å². The van der Waals surface area contributed by atoms with Gasteiger partial charge in [0.25, 0.3) is 0 Å². The third-order valence-electron chi connectivity index (χ3n) is 7.10. The van der Waals surface area contributed by atoms with Crippen molar-refractivity contribution in [2.24, 2.45) is 0 Å². The Balaban J connectivity index is 1.34. The van der Waals surface area contributed by atoms with Crippen LogP contribution in [0.15, 0.2) is 36.4 Å². The van der Waals surface area contributed by atoms with E-state index in [1.807, 2.05) is 13.8 Å². The lowest BCUT2D eigenvalue weighted by molar-refractivity contribution is 0.0971. The Morgan fingerprint density at radius 1 is 0.500 bits per heavy atom. The molecule has 0 aliphatic rings. The zero-order valence-electron chi connectivity index (χ0n) is 22.5. The van der Waals surface area contributed by atoms with Gasteiger partial charge in [-0.05, 0) is 74.2 Å². The molecule has 0 radical (unpaired) electrons. The summed E-state index contributed by atoms with van der Waals surface area (Å²) in [6, 6.07) is 10.2. The second-order valence-corrected chi connectivity index (χ2v) is 10.3. The van der Waals surface area contributed by atoms with Crippen LogP contribution in [0.25, 0.3) is 0 Å². The first kappa shape index (κ1) is 29.6. The number of aromatic hydroxyl groups is 2. The van der Waals surface area contributed by atoms with Crippen molar-refractivity contribution < 1.29 is 19.8 Å². The first-order valence-electron chi connectivity index (χ1n) is 14.0. The Bertz CT molecular complexity index is 870. The van der Waals surface area contributed by atoms with Gasteiger partial charge in [-0.25, -0.2) is 0 Å². The number of rotatable bonds is 19. The van der Waals surface area contributed by atoms with Gasteiger partial charge >= 0.3 is 0 Å². The number of hydrogen-bond acceptors (Lipinski definition) is 4. The maximum atomic E-state index is 12.2. The van der Waals surface area contributed by atoms with Crippen molar-refractivity contribution in [1.29, 1.82) is 0 Å². The fourth-order valence-electron chi connectivity index (χ4n) is 4.64. The predicted molar refractivity (Wildman–Crippen MR) is 148 cm³/mol. The highest BCUT2D eigenvalue weighted by molar-refractivity contribution is 5.96. The van der Waals surface area contributed by atoms with Crippen molar-refractivity contribution in [3.8, 4) is 11.5 Å². The van der Waals surface area contributed by atoms with Crippen LogP contribution in [0.1, 0.15) is 135 Å². The van der Waals surface area contributed by atoms with Gasteiger partial charge in [-0.1, -0.05) is 77.0 Å². The molecule has 4 nitrogen and oxygen atoms in total. The highest BCUT2D eigenvalue weighted by Gasteiger charge is 2.08. The van der Waals surface area contributed by atoms with Crippen molar-refractivity contribution in [3.63, 3.8) is 0 Å². The van der Waals surface area contributed by atoms with Crippen LogP contribution < -0.4 is 0 Å². The Labute approximate surface area is 218 Å². The molecule has 198 valence electrons. The number of phenols is 2. The molecule has 0 aliphatic heterocycles. The van der Waals surface area contributed by atoms with Crippen LogP contribution in [-0.4, -0.2) is 21.8 Å². The summed E-state index contributed by atoms with van der Waals surface area (Å²) in [4.78, 5) is 24.5. The van der Waals surface area contributed by atoms with E-state index in [1.54, 1.807) is 36.4 Å². The molecule has 2 aromatic rings. The van der Waals surface area contributed by atoms with Crippen LogP contribution in [0.5, 0.6) is 11.5 Å². The van der Waals surface area contributed by atoms with Crippen LogP contribution in [0.3, 0.4) is 0 Å². The van der Waals surface area contributed by atoms with Gasteiger partial charge in [0.05, 0.1) is 0 Å². The summed E-state index contributed by atoms with van der Waals surface area (Å²) in [7, 11) is 0. The van der Waals surface area contributed by atoms with E-state index in [0.29, 0.717) is 24.0 Å². The summed E-state index contributed by atoms with van der Waals surface area (Å²) in [5, 5.41) is 19.1. The largest absolute Gasteiger partial charge is 0.508 e. The lowest BCUT2D eigenvalue weighted by Gasteiger charge is -2.05. The number of benzene rings is 2. The summed E-state index contributed by atoms with van der Waals surface area (Å²) in [6.45, 7) is 3.64. The summed E-state index contributed by atoms with van der Waals surface area (Å²) in [5.41, 5.74) is 2.93. The maximum Gasteiger partial charge on any atom is 0.162 e. The Morgan fingerprint density at radius 2 is 0.778 bits per heavy atom. The molecule has 0 atom stereocenters. The van der Waals surface area contributed by atoms with E-state index >= 15 is 0 Å². The number of hydrogen-bond donors (Lipinski definition) is 2. The van der Waals surface area contributed by atoms with E-state index in [1.165, 1.54) is 64.2 Å². The van der Waals surface area contributed by atoms with Gasteiger partial charge < -0.3 is 10.2 Å². The molecular formula is C32H46O4. The summed E-state index contributed by atoms with van der Waals surface area (Å²) in [5.74, 6) is 0.843. The molecule has 0 bridgehead atoms. The molecule has 4 heteroatoms. The van der Waals surface area contributed by atoms with E-state index in [0.717, 1.165) is 36.8 Å². The van der Waals surface area contributed by atoms with Crippen LogP contribution in [0.2, 0.25) is 0 Å². The monoisotopic (exact) mass is 494 g/mol. The molecule has 0 amide bonds. The van der Waals surface area contributed by atoms with Crippen molar-refractivity contribution in [2.75, 3.05) is 0 Å². The molecular weight excluding hydrogens is 448 g/mol. The molecule has 2 rings (SSSR count). The average molecular weight is 495 g/mol. The Morgan fingerprint density at radius 3 is 1.06 bits per heavy atom. The van der Waals surface area contributed by atoms with Gasteiger partial charge in [0.2, 0.25) is 0 Å². The minimum atomic E-state index is 0.177. The standard InChI is InChI=1S/C32H46O4/c1-25-23-27(19-21-29(25)33)31(35)17-15-13-11-9-7-5-3-4-6-8-10-12-14-16-18-32(36)28-20-22-30(34)26(2)24-28/h19-24,33-34H,3-18H2,1-2H3. The summed E-state index contributed by atoms with van der Waals surface area (Å²) >= 11 is 0. The van der Waals surface area contributed by atoms with Gasteiger partial charge in [-0.2, -0.15) is 0 Å². The molecule has 0 spiro atoms. The zero-order valence-corrected chi connectivity index (χ0v) is 22.5. The van der Waals surface area contributed by atoms with Crippen LogP contribution >= 0.6 is 0 Å². The van der Waals surface area contributed by atoms with Gasteiger partial charge in [0.15, 0.2) is 11.6 Å². The quantitative estimate of drug-likeness (QED) is 0.151. The van der Waals surface area contributed by atoms with Crippen LogP contribution in [-0.2, 0) is 0 Å². The Kier molecular flexibility index (Phi) is 13.9.